The molecule has 1 fully saturated rings. The third-order valence-electron chi connectivity index (χ3n) is 6.93. The number of tetrazole rings is 1. The minimum absolute atomic E-state index is 0.0584. The monoisotopic (exact) mass is 670 g/mol. The van der Waals surface area contributed by atoms with Crippen molar-refractivity contribution >= 4 is 58.9 Å². The lowest BCUT2D eigenvalue weighted by Crippen LogP contribution is -2.70. The first-order chi connectivity index (χ1) is 21.5. The summed E-state index contributed by atoms with van der Waals surface area (Å²) in [7, 11) is 1.67. The SMILES string of the molecule is Cn1nnnc1SC1=C(C(=O)OCc2ccccc2OC(=O)C(C)(C)C)N2C(=O)C(NC(=O)Cc3ccc(CCl)cc3)C2SC1. The molecule has 2 amide bonds. The third kappa shape index (κ3) is 7.34. The Kier molecular flexibility index (Phi) is 9.85. The van der Waals surface area contributed by atoms with Gasteiger partial charge in [0.15, 0.2) is 0 Å². The number of thioether (sulfide) groups is 2. The molecule has 0 radical (unpaired) electrons. The fourth-order valence-corrected chi connectivity index (χ4v) is 6.98. The van der Waals surface area contributed by atoms with Gasteiger partial charge in [0.2, 0.25) is 11.1 Å². The van der Waals surface area contributed by atoms with E-state index in [1.807, 2.05) is 24.3 Å². The molecule has 1 saturated heterocycles. The van der Waals surface area contributed by atoms with Gasteiger partial charge in [-0.15, -0.1) is 28.5 Å². The number of aryl methyl sites for hydroxylation is 1. The molecule has 2 aromatic carbocycles. The van der Waals surface area contributed by atoms with Crippen LogP contribution >= 0.6 is 35.1 Å². The summed E-state index contributed by atoms with van der Waals surface area (Å²) >= 11 is 8.42. The van der Waals surface area contributed by atoms with E-state index >= 15 is 0 Å². The van der Waals surface area contributed by atoms with Crippen LogP contribution in [-0.4, -0.2) is 66.0 Å². The molecule has 3 heterocycles. The first kappa shape index (κ1) is 32.5. The highest BCUT2D eigenvalue weighted by Crippen LogP contribution is 2.45. The molecule has 12 nitrogen and oxygen atoms in total. The number of benzene rings is 2. The normalized spacial score (nSPS) is 17.8. The minimum atomic E-state index is -0.812. The predicted molar refractivity (Wildman–Crippen MR) is 168 cm³/mol. The van der Waals surface area contributed by atoms with Gasteiger partial charge in [-0.1, -0.05) is 42.5 Å². The van der Waals surface area contributed by atoms with E-state index in [0.29, 0.717) is 27.3 Å². The number of alkyl halides is 1. The van der Waals surface area contributed by atoms with Gasteiger partial charge in [0.1, 0.15) is 29.5 Å². The van der Waals surface area contributed by atoms with Crippen LogP contribution in [0.4, 0.5) is 0 Å². The Morgan fingerprint density at radius 1 is 1.11 bits per heavy atom. The van der Waals surface area contributed by atoms with Crippen molar-refractivity contribution in [2.24, 2.45) is 12.5 Å². The third-order valence-corrected chi connectivity index (χ3v) is 9.81. The van der Waals surface area contributed by atoms with E-state index in [-0.39, 0.29) is 30.4 Å². The van der Waals surface area contributed by atoms with Crippen LogP contribution in [0.25, 0.3) is 0 Å². The molecule has 0 saturated carbocycles. The first-order valence-corrected chi connectivity index (χ1v) is 16.3. The number of rotatable bonds is 10. The van der Waals surface area contributed by atoms with Crippen molar-refractivity contribution < 1.29 is 28.7 Å². The van der Waals surface area contributed by atoms with Crippen molar-refractivity contribution in [1.29, 1.82) is 0 Å². The fourth-order valence-electron chi connectivity index (χ4n) is 4.42. The zero-order chi connectivity index (χ0) is 32.3. The standard InChI is InChI=1S/C30H31ClN6O6S2/c1-30(2,3)28(41)43-20-8-6-5-7-19(20)15-42-27(40)24-21(45-29-33-34-35-36(29)4)16-44-26-23(25(39)37(24)26)32-22(38)13-17-9-11-18(14-31)12-10-17/h5-12,23,26H,13-16H2,1-4H3,(H,32,38). The lowest BCUT2D eigenvalue weighted by atomic mass is 9.97. The Labute approximate surface area is 273 Å². The Balaban J connectivity index is 1.33. The molecule has 2 atom stereocenters. The van der Waals surface area contributed by atoms with Gasteiger partial charge in [0.25, 0.3) is 5.91 Å². The molecule has 45 heavy (non-hydrogen) atoms. The number of ether oxygens (including phenoxy) is 2. The van der Waals surface area contributed by atoms with Crippen LogP contribution in [0, 0.1) is 5.41 Å². The molecule has 3 aromatic rings. The molecule has 0 spiro atoms. The van der Waals surface area contributed by atoms with Crippen LogP contribution in [0.1, 0.15) is 37.5 Å². The molecule has 15 heteroatoms. The lowest BCUT2D eigenvalue weighted by Gasteiger charge is -2.49. The summed E-state index contributed by atoms with van der Waals surface area (Å²) in [6.07, 6.45) is 0.0912. The molecule has 236 valence electrons. The number of carbonyl (C=O) groups excluding carboxylic acids is 4. The van der Waals surface area contributed by atoms with Crippen LogP contribution in [0.3, 0.4) is 0 Å². The average molecular weight is 671 g/mol. The smallest absolute Gasteiger partial charge is 0.356 e. The number of fused-ring (bicyclic) bond motifs is 1. The second kappa shape index (κ2) is 13.6. The zero-order valence-electron chi connectivity index (χ0n) is 25.0. The topological polar surface area (TPSA) is 146 Å². The molecule has 0 bridgehead atoms. The van der Waals surface area contributed by atoms with Crippen LogP contribution in [0.5, 0.6) is 5.75 Å². The van der Waals surface area contributed by atoms with Gasteiger partial charge in [-0.25, -0.2) is 9.48 Å². The highest BCUT2D eigenvalue weighted by atomic mass is 35.5. The van der Waals surface area contributed by atoms with Crippen LogP contribution in [0.2, 0.25) is 0 Å². The maximum Gasteiger partial charge on any atom is 0.356 e. The van der Waals surface area contributed by atoms with Gasteiger partial charge in [-0.05, 0) is 60.2 Å². The number of halogens is 1. The number of esters is 2. The molecular weight excluding hydrogens is 640 g/mol. The quantitative estimate of drug-likeness (QED) is 0.146. The highest BCUT2D eigenvalue weighted by Gasteiger charge is 2.54. The highest BCUT2D eigenvalue weighted by molar-refractivity contribution is 8.06. The van der Waals surface area contributed by atoms with E-state index in [9.17, 15) is 19.2 Å². The first-order valence-electron chi connectivity index (χ1n) is 13.9. The van der Waals surface area contributed by atoms with Crippen molar-refractivity contribution in [2.45, 2.75) is 56.3 Å². The molecule has 5 rings (SSSR count). The number of β-lactam (4-membered cyclic amide) rings is 1. The number of nitrogens with zero attached hydrogens (tertiary/aromatic N) is 5. The number of nitrogens with one attached hydrogen (secondary N) is 1. The van der Waals surface area contributed by atoms with E-state index in [0.717, 1.165) is 22.9 Å². The minimum Gasteiger partial charge on any atom is -0.456 e. The second-order valence-corrected chi connectivity index (χ2v) is 13.8. The Bertz CT molecular complexity index is 1650. The van der Waals surface area contributed by atoms with E-state index in [1.165, 1.54) is 21.3 Å². The fraction of sp³-hybridized carbons (Fsp3) is 0.367. The number of aromatic nitrogens is 4. The molecular formula is C30H31ClN6O6S2. The summed E-state index contributed by atoms with van der Waals surface area (Å²) in [6, 6.07) is 13.3. The maximum absolute atomic E-state index is 13.7. The van der Waals surface area contributed by atoms with Gasteiger partial charge in [-0.3, -0.25) is 19.3 Å². The number of amides is 2. The summed E-state index contributed by atoms with van der Waals surface area (Å²) < 4.78 is 12.7. The van der Waals surface area contributed by atoms with Crippen molar-refractivity contribution in [1.82, 2.24) is 30.4 Å². The number of carbonyl (C=O) groups is 4. The van der Waals surface area contributed by atoms with Gasteiger partial charge in [0, 0.05) is 29.1 Å². The van der Waals surface area contributed by atoms with Crippen molar-refractivity contribution in [2.75, 3.05) is 5.75 Å². The molecule has 2 aliphatic heterocycles. The number of para-hydroxylation sites is 1. The zero-order valence-corrected chi connectivity index (χ0v) is 27.4. The lowest BCUT2D eigenvalue weighted by molar-refractivity contribution is -0.153. The summed E-state index contributed by atoms with van der Waals surface area (Å²) in [6.45, 7) is 5.02. The molecule has 0 aliphatic carbocycles. The predicted octanol–water partition coefficient (Wildman–Crippen LogP) is 3.59. The summed E-state index contributed by atoms with van der Waals surface area (Å²) in [5.74, 6) is -0.920. The molecule has 1 aromatic heterocycles. The van der Waals surface area contributed by atoms with Crippen LogP contribution in [-0.2, 0) is 49.9 Å². The number of hydrogen-bond donors (Lipinski definition) is 1. The molecule has 1 N–H and O–H groups in total. The second-order valence-electron chi connectivity index (χ2n) is 11.4. The van der Waals surface area contributed by atoms with Crippen molar-refractivity contribution in [3.05, 3.63) is 75.8 Å². The molecule has 2 unspecified atom stereocenters. The maximum atomic E-state index is 13.7. The largest absolute Gasteiger partial charge is 0.456 e. The van der Waals surface area contributed by atoms with Gasteiger partial charge < -0.3 is 14.8 Å². The summed E-state index contributed by atoms with van der Waals surface area (Å²) in [5.41, 5.74) is 1.54. The van der Waals surface area contributed by atoms with Gasteiger partial charge in [-0.2, -0.15) is 0 Å². The van der Waals surface area contributed by atoms with Crippen molar-refractivity contribution in [3.63, 3.8) is 0 Å². The Morgan fingerprint density at radius 3 is 2.49 bits per heavy atom. The Hall–Kier alpha value is -3.88. The number of hydrogen-bond acceptors (Lipinski definition) is 11. The van der Waals surface area contributed by atoms with E-state index in [1.54, 1.807) is 52.1 Å². The van der Waals surface area contributed by atoms with Crippen molar-refractivity contribution in [3.8, 4) is 5.75 Å². The van der Waals surface area contributed by atoms with E-state index < -0.39 is 34.7 Å². The Morgan fingerprint density at radius 2 is 1.82 bits per heavy atom. The van der Waals surface area contributed by atoms with Crippen LogP contribution in [0.15, 0.2) is 64.3 Å². The molecule has 2 aliphatic rings. The summed E-state index contributed by atoms with van der Waals surface area (Å²) in [5, 5.41) is 14.2. The average Bonchev–Trinajstić information content (AvgIpc) is 3.42. The van der Waals surface area contributed by atoms with Gasteiger partial charge in [0.05, 0.1) is 11.8 Å². The summed E-state index contributed by atoms with van der Waals surface area (Å²) in [4.78, 5) is 54.4. The van der Waals surface area contributed by atoms with E-state index in [2.05, 4.69) is 20.8 Å². The van der Waals surface area contributed by atoms with Crippen LogP contribution < -0.4 is 10.1 Å². The van der Waals surface area contributed by atoms with Gasteiger partial charge >= 0.3 is 11.9 Å². The van der Waals surface area contributed by atoms with E-state index in [4.69, 9.17) is 21.1 Å².